The van der Waals surface area contributed by atoms with Gasteiger partial charge in [-0.05, 0) is 25.1 Å². The zero-order valence-corrected chi connectivity index (χ0v) is 13.4. The van der Waals surface area contributed by atoms with Gasteiger partial charge in [0.1, 0.15) is 0 Å². The summed E-state index contributed by atoms with van der Waals surface area (Å²) in [5, 5.41) is 0.163. The number of rotatable bonds is 4. The fourth-order valence-electron chi connectivity index (χ4n) is 1.87. The van der Waals surface area contributed by atoms with Crippen LogP contribution in [0.3, 0.4) is 0 Å². The first kappa shape index (κ1) is 15.6. The molecular weight excluding hydrogens is 249 g/mol. The van der Waals surface area contributed by atoms with E-state index >= 15 is 0 Å². The Morgan fingerprint density at radius 3 is 2.39 bits per heavy atom. The van der Waals surface area contributed by atoms with Crippen LogP contribution in [0.4, 0.5) is 4.39 Å². The lowest BCUT2D eigenvalue weighted by Gasteiger charge is -2.36. The van der Waals surface area contributed by atoms with E-state index < -0.39 is 14.5 Å². The molecule has 1 aliphatic rings. The number of hydrogen-bond donors (Lipinski definition) is 0. The summed E-state index contributed by atoms with van der Waals surface area (Å²) in [6.07, 6.45) is -0.994. The van der Waals surface area contributed by atoms with Crippen molar-refractivity contribution in [1.29, 1.82) is 0 Å². The van der Waals surface area contributed by atoms with Crippen LogP contribution >= 0.6 is 0 Å². The monoisotopic (exact) mass is 275 g/mol. The van der Waals surface area contributed by atoms with Gasteiger partial charge in [-0.25, -0.2) is 4.39 Å². The molecule has 1 heterocycles. The number of carbonyl (C=O) groups is 1. The van der Waals surface area contributed by atoms with Crippen molar-refractivity contribution in [3.63, 3.8) is 0 Å². The fraction of sp³-hybridized carbons (Fsp3) is 0.923. The number of carbonyl (C=O) groups excluding carboxylic acids is 1. The third-order valence-corrected chi connectivity index (χ3v) is 8.77. The molecule has 0 aliphatic carbocycles. The Labute approximate surface area is 111 Å². The Morgan fingerprint density at radius 1 is 1.44 bits per heavy atom. The van der Waals surface area contributed by atoms with E-state index in [1.54, 1.807) is 4.90 Å². The SMILES string of the molecule is C[C@H]1C[C@@H](F)C(=O)N1CCO[Si](C)(C)C(C)(C)C. The van der Waals surface area contributed by atoms with Crippen molar-refractivity contribution in [2.45, 2.75) is 64.5 Å². The second-order valence-electron chi connectivity index (χ2n) is 6.69. The Kier molecular flexibility index (Phi) is 4.59. The Hall–Kier alpha value is -0.423. The molecule has 1 rings (SSSR count). The van der Waals surface area contributed by atoms with E-state index in [4.69, 9.17) is 4.43 Å². The Bertz CT molecular complexity index is 315. The van der Waals surface area contributed by atoms with Gasteiger partial charge in [-0.2, -0.15) is 0 Å². The van der Waals surface area contributed by atoms with Gasteiger partial charge in [0.15, 0.2) is 14.5 Å². The number of alkyl halides is 1. The van der Waals surface area contributed by atoms with Gasteiger partial charge in [0.2, 0.25) is 0 Å². The first-order valence-electron chi connectivity index (χ1n) is 6.65. The van der Waals surface area contributed by atoms with Crippen molar-refractivity contribution in [3.05, 3.63) is 0 Å². The maximum atomic E-state index is 13.2. The second-order valence-corrected chi connectivity index (χ2v) is 11.5. The molecule has 0 N–H and O–H groups in total. The molecule has 1 amide bonds. The summed E-state index contributed by atoms with van der Waals surface area (Å²) in [7, 11) is -1.77. The van der Waals surface area contributed by atoms with Crippen LogP contribution < -0.4 is 0 Å². The van der Waals surface area contributed by atoms with Crippen LogP contribution in [0.15, 0.2) is 0 Å². The van der Waals surface area contributed by atoms with Gasteiger partial charge < -0.3 is 9.33 Å². The molecule has 2 atom stereocenters. The zero-order chi connectivity index (χ0) is 14.1. The van der Waals surface area contributed by atoms with E-state index in [9.17, 15) is 9.18 Å². The molecule has 1 fully saturated rings. The first-order valence-corrected chi connectivity index (χ1v) is 9.55. The fourth-order valence-corrected chi connectivity index (χ4v) is 2.91. The van der Waals surface area contributed by atoms with Crippen LogP contribution in [0.5, 0.6) is 0 Å². The highest BCUT2D eigenvalue weighted by molar-refractivity contribution is 6.74. The molecule has 0 aromatic heterocycles. The average molecular weight is 275 g/mol. The highest BCUT2D eigenvalue weighted by Gasteiger charge is 2.39. The van der Waals surface area contributed by atoms with Crippen molar-refractivity contribution in [1.82, 2.24) is 4.90 Å². The smallest absolute Gasteiger partial charge is 0.257 e. The van der Waals surface area contributed by atoms with Gasteiger partial charge in [-0.1, -0.05) is 20.8 Å². The Morgan fingerprint density at radius 2 is 2.00 bits per heavy atom. The largest absolute Gasteiger partial charge is 0.415 e. The van der Waals surface area contributed by atoms with Crippen molar-refractivity contribution >= 4 is 14.2 Å². The molecule has 18 heavy (non-hydrogen) atoms. The quantitative estimate of drug-likeness (QED) is 0.738. The third-order valence-electron chi connectivity index (χ3n) is 4.23. The predicted octanol–water partition coefficient (Wildman–Crippen LogP) is 2.97. The lowest BCUT2D eigenvalue weighted by Crippen LogP contribution is -2.44. The zero-order valence-electron chi connectivity index (χ0n) is 12.4. The molecule has 5 heteroatoms. The topological polar surface area (TPSA) is 29.5 Å². The van der Waals surface area contributed by atoms with E-state index in [1.807, 2.05) is 6.92 Å². The van der Waals surface area contributed by atoms with Gasteiger partial charge in [0, 0.05) is 19.0 Å². The number of likely N-dealkylation sites (tertiary alicyclic amines) is 1. The van der Waals surface area contributed by atoms with Crippen molar-refractivity contribution in [2.24, 2.45) is 0 Å². The van der Waals surface area contributed by atoms with E-state index in [-0.39, 0.29) is 17.0 Å². The van der Waals surface area contributed by atoms with Crippen LogP contribution in [0.25, 0.3) is 0 Å². The highest BCUT2D eigenvalue weighted by Crippen LogP contribution is 2.36. The summed E-state index contributed by atoms with van der Waals surface area (Å²) >= 11 is 0. The van der Waals surface area contributed by atoms with E-state index in [0.717, 1.165) is 0 Å². The molecule has 1 saturated heterocycles. The normalized spacial score (nSPS) is 25.9. The molecule has 0 bridgehead atoms. The van der Waals surface area contributed by atoms with Gasteiger partial charge >= 0.3 is 0 Å². The number of halogens is 1. The maximum absolute atomic E-state index is 13.2. The van der Waals surface area contributed by atoms with E-state index in [0.29, 0.717) is 19.6 Å². The molecule has 3 nitrogen and oxygen atoms in total. The minimum atomic E-state index is -1.77. The molecule has 0 unspecified atom stereocenters. The summed E-state index contributed by atoms with van der Waals surface area (Å²) < 4.78 is 19.3. The van der Waals surface area contributed by atoms with Crippen molar-refractivity contribution < 1.29 is 13.6 Å². The molecular formula is C13H26FNO2Si. The molecule has 106 valence electrons. The lowest BCUT2D eigenvalue weighted by molar-refractivity contribution is -0.132. The standard InChI is InChI=1S/C13H26FNO2Si/c1-10-9-11(14)12(16)15(10)7-8-17-18(5,6)13(2,3)4/h10-11H,7-9H2,1-6H3/t10-,11+/m0/s1. The Balaban J connectivity index is 2.46. The van der Waals surface area contributed by atoms with Crippen LogP contribution in [-0.4, -0.2) is 44.5 Å². The second kappa shape index (κ2) is 5.29. The predicted molar refractivity (Wildman–Crippen MR) is 73.8 cm³/mol. The van der Waals surface area contributed by atoms with Crippen LogP contribution in [0.1, 0.15) is 34.1 Å². The van der Waals surface area contributed by atoms with Crippen molar-refractivity contribution in [3.8, 4) is 0 Å². The minimum Gasteiger partial charge on any atom is -0.415 e. The lowest BCUT2D eigenvalue weighted by atomic mass is 10.2. The van der Waals surface area contributed by atoms with Gasteiger partial charge in [0.25, 0.3) is 5.91 Å². The summed E-state index contributed by atoms with van der Waals surface area (Å²) in [6, 6.07) is -0.00415. The summed E-state index contributed by atoms with van der Waals surface area (Å²) in [5.41, 5.74) is 0. The maximum Gasteiger partial charge on any atom is 0.257 e. The number of nitrogens with zero attached hydrogens (tertiary/aromatic N) is 1. The third kappa shape index (κ3) is 3.32. The summed E-state index contributed by atoms with van der Waals surface area (Å²) in [6.45, 7) is 13.8. The number of hydrogen-bond acceptors (Lipinski definition) is 2. The molecule has 1 aliphatic heterocycles. The first-order chi connectivity index (χ1) is 8.06. The molecule has 0 aromatic rings. The molecule has 0 spiro atoms. The van der Waals surface area contributed by atoms with Crippen LogP contribution in [0, 0.1) is 0 Å². The molecule has 0 aromatic carbocycles. The van der Waals surface area contributed by atoms with Gasteiger partial charge in [-0.15, -0.1) is 0 Å². The molecule has 0 saturated carbocycles. The van der Waals surface area contributed by atoms with Crippen LogP contribution in [-0.2, 0) is 9.22 Å². The minimum absolute atomic E-state index is 0.00415. The average Bonchev–Trinajstić information content (AvgIpc) is 2.42. The highest BCUT2D eigenvalue weighted by atomic mass is 28.4. The number of amides is 1. The van der Waals surface area contributed by atoms with Crippen molar-refractivity contribution in [2.75, 3.05) is 13.2 Å². The summed E-state index contributed by atoms with van der Waals surface area (Å²) in [5.74, 6) is -0.374. The van der Waals surface area contributed by atoms with E-state index in [1.165, 1.54) is 0 Å². The van der Waals surface area contributed by atoms with E-state index in [2.05, 4.69) is 33.9 Å². The van der Waals surface area contributed by atoms with Crippen LogP contribution in [0.2, 0.25) is 18.1 Å². The molecule has 0 radical (unpaired) electrons. The van der Waals surface area contributed by atoms with Gasteiger partial charge in [-0.3, -0.25) is 4.79 Å². The summed E-state index contributed by atoms with van der Waals surface area (Å²) in [4.78, 5) is 13.2. The van der Waals surface area contributed by atoms with Gasteiger partial charge in [0.05, 0.1) is 6.61 Å².